The molecule has 0 heterocycles. The molecule has 0 radical (unpaired) electrons. The summed E-state index contributed by atoms with van der Waals surface area (Å²) in [7, 11) is -9.96. The summed E-state index contributed by atoms with van der Waals surface area (Å²) in [5.74, 6) is -2.28. The number of carbonyl (C=O) groups is 4. The molecule has 0 aromatic rings. The molecule has 566 valence electrons. The first-order valence-corrected chi connectivity index (χ1v) is 41.5. The standard InChI is InChI=1S/C79H138O17P2/c1-5-9-13-17-21-25-29-33-34-35-36-37-38-42-44-48-52-56-60-64-77(82)90-70-75(96-79(84)66-62-58-54-50-46-41-32-28-24-20-16-12-8-4)72-94-98(87,88)92-68-73(80)67-91-97(85,86)93-71-74(95-78(83)65-61-57-53-49-45-40-31-27-23-19-15-11-7-3)69-89-76(81)63-59-55-51-47-43-39-30-26-22-18-14-10-6-2/h9,13,21,25-26,28,30,32-34,36-37,42,44,52,56,73-75,80H,5-8,10-12,14-20,22-24,27,29,31,35,38-41,43,45-51,53-55,57-72H2,1-4H3,(H,85,86)(H,87,88)/b13-9-,25-21-,30-26-,32-28-,34-33-,37-36-,44-42-,56-52-. The summed E-state index contributed by atoms with van der Waals surface area (Å²) in [5, 5.41) is 10.6. The van der Waals surface area contributed by atoms with E-state index in [1.807, 2.05) is 18.2 Å². The monoisotopic (exact) mass is 1420 g/mol. The van der Waals surface area contributed by atoms with Crippen LogP contribution >= 0.6 is 15.6 Å². The van der Waals surface area contributed by atoms with Gasteiger partial charge in [0.25, 0.3) is 0 Å². The summed E-state index contributed by atoms with van der Waals surface area (Å²) in [6.45, 7) is 4.65. The number of aliphatic hydroxyl groups is 1. The first-order chi connectivity index (χ1) is 47.7. The molecular formula is C79H138O17P2. The number of allylic oxidation sites excluding steroid dienone is 16. The summed E-state index contributed by atoms with van der Waals surface area (Å²) in [5.41, 5.74) is 0. The van der Waals surface area contributed by atoms with Crippen molar-refractivity contribution in [3.8, 4) is 0 Å². The lowest BCUT2D eigenvalue weighted by Crippen LogP contribution is -2.30. The quantitative estimate of drug-likeness (QED) is 0.0169. The Morgan fingerprint density at radius 2 is 0.551 bits per heavy atom. The molecular weight excluding hydrogens is 1280 g/mol. The maximum Gasteiger partial charge on any atom is 0.472 e. The summed E-state index contributed by atoms with van der Waals surface area (Å²) in [6, 6.07) is 0. The van der Waals surface area contributed by atoms with E-state index in [-0.39, 0.29) is 25.7 Å². The molecule has 0 saturated carbocycles. The number of unbranched alkanes of at least 4 members (excludes halogenated alkanes) is 30. The van der Waals surface area contributed by atoms with E-state index in [0.717, 1.165) is 135 Å². The fourth-order valence-electron chi connectivity index (χ4n) is 10.2. The maximum absolute atomic E-state index is 13.1. The van der Waals surface area contributed by atoms with Gasteiger partial charge >= 0.3 is 39.5 Å². The second-order valence-corrected chi connectivity index (χ2v) is 28.5. The summed E-state index contributed by atoms with van der Waals surface area (Å²) in [6.07, 6.45) is 74.1. The van der Waals surface area contributed by atoms with Crippen molar-refractivity contribution in [2.75, 3.05) is 39.6 Å². The highest BCUT2D eigenvalue weighted by atomic mass is 31.2. The molecule has 0 amide bonds. The van der Waals surface area contributed by atoms with E-state index in [2.05, 4.69) is 107 Å². The number of esters is 4. The zero-order valence-electron chi connectivity index (χ0n) is 61.7. The Morgan fingerprint density at radius 1 is 0.296 bits per heavy atom. The highest BCUT2D eigenvalue weighted by Gasteiger charge is 2.30. The number of hydrogen-bond acceptors (Lipinski definition) is 15. The zero-order chi connectivity index (χ0) is 71.8. The average molecular weight is 1420 g/mol. The van der Waals surface area contributed by atoms with Gasteiger partial charge in [-0.05, 0) is 116 Å². The molecule has 0 aliphatic carbocycles. The first-order valence-electron chi connectivity index (χ1n) is 38.5. The molecule has 17 nitrogen and oxygen atoms in total. The predicted octanol–water partition coefficient (Wildman–Crippen LogP) is 22.0. The van der Waals surface area contributed by atoms with Crippen molar-refractivity contribution in [2.24, 2.45) is 0 Å². The number of aliphatic hydroxyl groups excluding tert-OH is 1. The maximum atomic E-state index is 13.1. The predicted molar refractivity (Wildman–Crippen MR) is 399 cm³/mol. The van der Waals surface area contributed by atoms with Gasteiger partial charge < -0.3 is 33.8 Å². The van der Waals surface area contributed by atoms with Gasteiger partial charge in [-0.1, -0.05) is 279 Å². The second-order valence-electron chi connectivity index (χ2n) is 25.6. The Kier molecular flexibility index (Phi) is 68.4. The van der Waals surface area contributed by atoms with Crippen LogP contribution in [0.5, 0.6) is 0 Å². The number of phosphoric ester groups is 2. The van der Waals surface area contributed by atoms with Crippen LogP contribution in [0.3, 0.4) is 0 Å². The van der Waals surface area contributed by atoms with E-state index in [4.69, 9.17) is 37.0 Å². The molecule has 19 heteroatoms. The third kappa shape index (κ3) is 70.4. The second kappa shape index (κ2) is 71.4. The SMILES string of the molecule is CC/C=C\C/C=C\C/C=C\C/C=C\C/C=C\C/C=C\CCC(=O)OCC(COP(=O)(O)OCC(O)COP(=O)(O)OCC(COC(=O)CCCCCCC/C=C\CCCCCC)OC(=O)CCCCCCCCCCCCCCC)OC(=O)CCCCCCC/C=C\CCCCCC. The largest absolute Gasteiger partial charge is 0.472 e. The van der Waals surface area contributed by atoms with Gasteiger partial charge in [0.15, 0.2) is 12.2 Å². The van der Waals surface area contributed by atoms with Crippen LogP contribution in [-0.4, -0.2) is 96.7 Å². The van der Waals surface area contributed by atoms with Gasteiger partial charge in [-0.2, -0.15) is 0 Å². The van der Waals surface area contributed by atoms with E-state index in [9.17, 15) is 43.2 Å². The van der Waals surface area contributed by atoms with Crippen molar-refractivity contribution in [3.63, 3.8) is 0 Å². The third-order valence-electron chi connectivity index (χ3n) is 16.0. The van der Waals surface area contributed by atoms with Crippen molar-refractivity contribution in [1.29, 1.82) is 0 Å². The summed E-state index contributed by atoms with van der Waals surface area (Å²) >= 11 is 0. The Morgan fingerprint density at radius 3 is 0.888 bits per heavy atom. The van der Waals surface area contributed by atoms with Crippen molar-refractivity contribution in [1.82, 2.24) is 0 Å². The Bertz CT molecular complexity index is 2240. The number of carbonyl (C=O) groups excluding carboxylic acids is 4. The molecule has 5 atom stereocenters. The number of hydrogen-bond donors (Lipinski definition) is 3. The molecule has 0 aromatic heterocycles. The van der Waals surface area contributed by atoms with Crippen LogP contribution in [0.1, 0.15) is 323 Å². The lowest BCUT2D eigenvalue weighted by atomic mass is 10.0. The molecule has 0 aromatic carbocycles. The molecule has 0 bridgehead atoms. The molecule has 0 saturated heterocycles. The van der Waals surface area contributed by atoms with E-state index in [1.54, 1.807) is 0 Å². The van der Waals surface area contributed by atoms with Gasteiger partial charge in [-0.15, -0.1) is 0 Å². The highest BCUT2D eigenvalue weighted by Crippen LogP contribution is 2.45. The van der Waals surface area contributed by atoms with Crippen LogP contribution in [0.4, 0.5) is 0 Å². The third-order valence-corrected chi connectivity index (χ3v) is 17.9. The minimum atomic E-state index is -4.99. The number of rotatable bonds is 72. The van der Waals surface area contributed by atoms with Crippen molar-refractivity contribution in [3.05, 3.63) is 97.2 Å². The van der Waals surface area contributed by atoms with E-state index < -0.39 is 97.5 Å². The Balaban J connectivity index is 5.39. The van der Waals surface area contributed by atoms with Crippen molar-refractivity contribution < 1.29 is 80.2 Å². The van der Waals surface area contributed by atoms with Crippen molar-refractivity contribution >= 4 is 39.5 Å². The summed E-state index contributed by atoms with van der Waals surface area (Å²) < 4.78 is 68.4. The Labute approximate surface area is 595 Å². The lowest BCUT2D eigenvalue weighted by molar-refractivity contribution is -0.161. The Hall–Kier alpha value is -4.02. The summed E-state index contributed by atoms with van der Waals surface area (Å²) in [4.78, 5) is 72.8. The molecule has 0 aliphatic rings. The fourth-order valence-corrected chi connectivity index (χ4v) is 11.8. The molecule has 0 fully saturated rings. The smallest absolute Gasteiger partial charge is 0.462 e. The highest BCUT2D eigenvalue weighted by molar-refractivity contribution is 7.47. The lowest BCUT2D eigenvalue weighted by Gasteiger charge is -2.21. The first kappa shape index (κ1) is 94.0. The van der Waals surface area contributed by atoms with Crippen LogP contribution in [0, 0.1) is 0 Å². The van der Waals surface area contributed by atoms with Crippen LogP contribution in [0.15, 0.2) is 97.2 Å². The van der Waals surface area contributed by atoms with Gasteiger partial charge in [0.05, 0.1) is 26.4 Å². The molecule has 0 spiro atoms. The molecule has 0 aliphatic heterocycles. The average Bonchev–Trinajstić information content (AvgIpc) is 0.966. The van der Waals surface area contributed by atoms with E-state index >= 15 is 0 Å². The van der Waals surface area contributed by atoms with Crippen LogP contribution in [-0.2, 0) is 65.4 Å². The van der Waals surface area contributed by atoms with Gasteiger partial charge in [0.2, 0.25) is 0 Å². The van der Waals surface area contributed by atoms with Crippen molar-refractivity contribution in [2.45, 2.75) is 341 Å². The van der Waals surface area contributed by atoms with Gasteiger partial charge in [0, 0.05) is 25.7 Å². The molecule has 98 heavy (non-hydrogen) atoms. The van der Waals surface area contributed by atoms with Gasteiger partial charge in [0.1, 0.15) is 19.3 Å². The zero-order valence-corrected chi connectivity index (χ0v) is 63.5. The van der Waals surface area contributed by atoms with Crippen LogP contribution in [0.25, 0.3) is 0 Å². The van der Waals surface area contributed by atoms with Crippen LogP contribution < -0.4 is 0 Å². The normalized spacial score (nSPS) is 14.5. The van der Waals surface area contributed by atoms with Gasteiger partial charge in [-0.25, -0.2) is 9.13 Å². The van der Waals surface area contributed by atoms with E-state index in [1.165, 1.54) is 103 Å². The minimum Gasteiger partial charge on any atom is -0.462 e. The fraction of sp³-hybridized carbons (Fsp3) is 0.747. The van der Waals surface area contributed by atoms with E-state index in [0.29, 0.717) is 32.1 Å². The molecule has 0 rings (SSSR count). The molecule has 5 unspecified atom stereocenters. The van der Waals surface area contributed by atoms with Crippen LogP contribution in [0.2, 0.25) is 0 Å². The number of phosphoric acid groups is 2. The number of ether oxygens (including phenoxy) is 4. The molecule has 3 N–H and O–H groups in total. The topological polar surface area (TPSA) is 237 Å². The van der Waals surface area contributed by atoms with Gasteiger partial charge in [-0.3, -0.25) is 37.3 Å². The minimum absolute atomic E-state index is 0.0349.